The number of hydrogen-bond acceptors (Lipinski definition) is 3. The lowest BCUT2D eigenvalue weighted by Crippen LogP contribution is -2.41. The number of amides is 1. The van der Waals surface area contributed by atoms with Crippen molar-refractivity contribution in [1.29, 1.82) is 0 Å². The van der Waals surface area contributed by atoms with Crippen LogP contribution >= 0.6 is 11.3 Å². The van der Waals surface area contributed by atoms with Crippen molar-refractivity contribution in [3.05, 3.63) is 22.4 Å². The van der Waals surface area contributed by atoms with Crippen LogP contribution in [0.5, 0.6) is 0 Å². The van der Waals surface area contributed by atoms with Crippen LogP contribution in [0.15, 0.2) is 17.5 Å². The Hall–Kier alpha value is -0.870. The molecule has 1 aromatic heterocycles. The fourth-order valence-electron chi connectivity index (χ4n) is 2.49. The highest BCUT2D eigenvalue weighted by Crippen LogP contribution is 2.17. The molecule has 1 aliphatic carbocycles. The van der Waals surface area contributed by atoms with E-state index in [0.717, 1.165) is 19.4 Å². The van der Waals surface area contributed by atoms with Gasteiger partial charge in [0.25, 0.3) is 0 Å². The van der Waals surface area contributed by atoms with Crippen molar-refractivity contribution in [3.63, 3.8) is 0 Å². The van der Waals surface area contributed by atoms with E-state index in [0.29, 0.717) is 12.6 Å². The minimum Gasteiger partial charge on any atom is -0.352 e. The molecule has 1 saturated carbocycles. The number of thiophene rings is 1. The molecule has 1 amide bonds. The van der Waals surface area contributed by atoms with Crippen LogP contribution < -0.4 is 5.32 Å². The van der Waals surface area contributed by atoms with Gasteiger partial charge < -0.3 is 5.32 Å². The molecule has 0 saturated heterocycles. The fraction of sp³-hybridized carbons (Fsp3) is 0.643. The molecule has 4 heteroatoms. The largest absolute Gasteiger partial charge is 0.352 e. The molecular formula is C14H22N2OS. The first kappa shape index (κ1) is 13.6. The molecule has 0 aromatic carbocycles. The first-order valence-corrected chi connectivity index (χ1v) is 7.62. The summed E-state index contributed by atoms with van der Waals surface area (Å²) in [5.74, 6) is 0.168. The number of carbonyl (C=O) groups excluding carboxylic acids is 1. The molecule has 1 fully saturated rings. The van der Waals surface area contributed by atoms with E-state index in [-0.39, 0.29) is 5.91 Å². The van der Waals surface area contributed by atoms with Crippen molar-refractivity contribution in [2.45, 2.75) is 44.7 Å². The van der Waals surface area contributed by atoms with Gasteiger partial charge in [-0.15, -0.1) is 11.3 Å². The molecule has 3 nitrogen and oxygen atoms in total. The second kappa shape index (κ2) is 6.90. The van der Waals surface area contributed by atoms with Gasteiger partial charge in [0.1, 0.15) is 0 Å². The highest BCUT2D eigenvalue weighted by atomic mass is 32.1. The van der Waals surface area contributed by atoms with E-state index in [1.807, 2.05) is 7.05 Å². The summed E-state index contributed by atoms with van der Waals surface area (Å²) in [6.07, 6.45) is 6.15. The van der Waals surface area contributed by atoms with Crippen LogP contribution in [-0.4, -0.2) is 30.4 Å². The first-order valence-electron chi connectivity index (χ1n) is 6.74. The van der Waals surface area contributed by atoms with Crippen molar-refractivity contribution < 1.29 is 4.79 Å². The maximum absolute atomic E-state index is 11.9. The molecule has 1 aliphatic rings. The molecule has 0 bridgehead atoms. The van der Waals surface area contributed by atoms with Crippen molar-refractivity contribution in [2.75, 3.05) is 13.6 Å². The van der Waals surface area contributed by atoms with Gasteiger partial charge in [-0.2, -0.15) is 0 Å². The van der Waals surface area contributed by atoms with E-state index in [4.69, 9.17) is 0 Å². The molecule has 0 atom stereocenters. The topological polar surface area (TPSA) is 32.3 Å². The van der Waals surface area contributed by atoms with Gasteiger partial charge >= 0.3 is 0 Å². The van der Waals surface area contributed by atoms with Gasteiger partial charge in [-0.3, -0.25) is 9.69 Å². The van der Waals surface area contributed by atoms with Crippen LogP contribution in [0.4, 0.5) is 0 Å². The standard InChI is InChI=1S/C14H22N2OS/c1-16(10-13-8-5-9-18-13)11-14(17)15-12-6-3-2-4-7-12/h5,8-9,12H,2-4,6-7,10-11H2,1H3,(H,15,17). The summed E-state index contributed by atoms with van der Waals surface area (Å²) in [6.45, 7) is 1.35. The predicted octanol–water partition coefficient (Wildman–Crippen LogP) is 2.63. The molecule has 1 aromatic rings. The Labute approximate surface area is 113 Å². The molecule has 1 N–H and O–H groups in total. The van der Waals surface area contributed by atoms with E-state index < -0.39 is 0 Å². The van der Waals surface area contributed by atoms with E-state index in [1.165, 1.54) is 24.1 Å². The summed E-state index contributed by atoms with van der Waals surface area (Å²) < 4.78 is 0. The molecule has 2 rings (SSSR count). The molecule has 18 heavy (non-hydrogen) atoms. The van der Waals surface area contributed by atoms with Crippen LogP contribution in [-0.2, 0) is 11.3 Å². The average molecular weight is 266 g/mol. The number of nitrogens with one attached hydrogen (secondary N) is 1. The van der Waals surface area contributed by atoms with Gasteiger partial charge in [-0.1, -0.05) is 25.3 Å². The monoisotopic (exact) mass is 266 g/mol. The number of rotatable bonds is 5. The van der Waals surface area contributed by atoms with Crippen molar-refractivity contribution >= 4 is 17.2 Å². The summed E-state index contributed by atoms with van der Waals surface area (Å²) in [4.78, 5) is 15.3. The van der Waals surface area contributed by atoms with Crippen molar-refractivity contribution in [1.82, 2.24) is 10.2 Å². The first-order chi connectivity index (χ1) is 8.74. The molecule has 0 aliphatic heterocycles. The minimum atomic E-state index is 0.168. The highest BCUT2D eigenvalue weighted by Gasteiger charge is 2.16. The Bertz CT molecular complexity index is 358. The van der Waals surface area contributed by atoms with Gasteiger partial charge in [0.2, 0.25) is 5.91 Å². The number of carbonyl (C=O) groups is 1. The molecule has 1 heterocycles. The Morgan fingerprint density at radius 3 is 2.89 bits per heavy atom. The third kappa shape index (κ3) is 4.42. The van der Waals surface area contributed by atoms with Crippen LogP contribution in [0.2, 0.25) is 0 Å². The Balaban J connectivity index is 1.69. The van der Waals surface area contributed by atoms with Crippen molar-refractivity contribution in [2.24, 2.45) is 0 Å². The second-order valence-electron chi connectivity index (χ2n) is 5.15. The minimum absolute atomic E-state index is 0.168. The van der Waals surface area contributed by atoms with E-state index in [1.54, 1.807) is 11.3 Å². The van der Waals surface area contributed by atoms with Gasteiger partial charge in [0.05, 0.1) is 6.54 Å². The zero-order valence-corrected chi connectivity index (χ0v) is 11.8. The molecular weight excluding hydrogens is 244 g/mol. The second-order valence-corrected chi connectivity index (χ2v) is 6.19. The van der Waals surface area contributed by atoms with Crippen LogP contribution in [0, 0.1) is 0 Å². The third-order valence-electron chi connectivity index (χ3n) is 3.39. The van der Waals surface area contributed by atoms with Gasteiger partial charge in [-0.05, 0) is 31.3 Å². The smallest absolute Gasteiger partial charge is 0.234 e. The summed E-state index contributed by atoms with van der Waals surface area (Å²) in [5, 5.41) is 5.23. The third-order valence-corrected chi connectivity index (χ3v) is 4.25. The summed E-state index contributed by atoms with van der Waals surface area (Å²) in [6, 6.07) is 4.58. The normalized spacial score (nSPS) is 17.0. The highest BCUT2D eigenvalue weighted by molar-refractivity contribution is 7.09. The van der Waals surface area contributed by atoms with Crippen molar-refractivity contribution in [3.8, 4) is 0 Å². The lowest BCUT2D eigenvalue weighted by atomic mass is 9.95. The Kier molecular flexibility index (Phi) is 5.20. The number of nitrogens with zero attached hydrogens (tertiary/aromatic N) is 1. The fourth-order valence-corrected chi connectivity index (χ4v) is 3.27. The summed E-state index contributed by atoms with van der Waals surface area (Å²) in [5.41, 5.74) is 0. The van der Waals surface area contributed by atoms with E-state index in [2.05, 4.69) is 27.7 Å². The zero-order valence-electron chi connectivity index (χ0n) is 11.0. The number of hydrogen-bond donors (Lipinski definition) is 1. The summed E-state index contributed by atoms with van der Waals surface area (Å²) >= 11 is 1.74. The van der Waals surface area contributed by atoms with Crippen LogP contribution in [0.3, 0.4) is 0 Å². The van der Waals surface area contributed by atoms with Crippen LogP contribution in [0.1, 0.15) is 37.0 Å². The van der Waals surface area contributed by atoms with Gasteiger partial charge in [0, 0.05) is 17.5 Å². The molecule has 0 spiro atoms. The predicted molar refractivity (Wildman–Crippen MR) is 75.7 cm³/mol. The Morgan fingerprint density at radius 1 is 1.44 bits per heavy atom. The molecule has 100 valence electrons. The average Bonchev–Trinajstić information content (AvgIpc) is 2.82. The quantitative estimate of drug-likeness (QED) is 0.888. The van der Waals surface area contributed by atoms with E-state index >= 15 is 0 Å². The number of likely N-dealkylation sites (N-methyl/N-ethyl adjacent to an activating group) is 1. The molecule has 0 radical (unpaired) electrons. The lowest BCUT2D eigenvalue weighted by Gasteiger charge is -2.24. The van der Waals surface area contributed by atoms with Gasteiger partial charge in [-0.25, -0.2) is 0 Å². The maximum atomic E-state index is 11.9. The maximum Gasteiger partial charge on any atom is 0.234 e. The lowest BCUT2D eigenvalue weighted by molar-refractivity contribution is -0.122. The van der Waals surface area contributed by atoms with Crippen LogP contribution in [0.25, 0.3) is 0 Å². The molecule has 0 unspecified atom stereocenters. The van der Waals surface area contributed by atoms with Gasteiger partial charge in [0.15, 0.2) is 0 Å². The van der Waals surface area contributed by atoms with E-state index in [9.17, 15) is 4.79 Å². The zero-order chi connectivity index (χ0) is 12.8. The Morgan fingerprint density at radius 2 is 2.22 bits per heavy atom. The summed E-state index contributed by atoms with van der Waals surface area (Å²) in [7, 11) is 2.00. The SMILES string of the molecule is CN(CC(=O)NC1CCCCC1)Cc1cccs1.